The van der Waals surface area contributed by atoms with Crippen LogP contribution in [0.1, 0.15) is 46.5 Å². The zero-order valence-electron chi connectivity index (χ0n) is 9.21. The first-order valence-electron chi connectivity index (χ1n) is 5.40. The van der Waals surface area contributed by atoms with Crippen molar-refractivity contribution < 1.29 is 5.11 Å². The van der Waals surface area contributed by atoms with Crippen molar-refractivity contribution in [2.75, 3.05) is 13.1 Å². The molecular weight excluding hydrogens is 164 g/mol. The van der Waals surface area contributed by atoms with Gasteiger partial charge in [-0.25, -0.2) is 5.01 Å². The highest BCUT2D eigenvalue weighted by atomic mass is 16.3. The van der Waals surface area contributed by atoms with Crippen LogP contribution in [0.3, 0.4) is 0 Å². The summed E-state index contributed by atoms with van der Waals surface area (Å²) in [4.78, 5) is 0. The monoisotopic (exact) mass is 188 g/mol. The molecule has 3 heteroatoms. The zero-order chi connectivity index (χ0) is 10.1. The highest BCUT2D eigenvalue weighted by molar-refractivity contribution is 4.53. The average molecular weight is 188 g/mol. The van der Waals surface area contributed by atoms with E-state index in [1.54, 1.807) is 6.92 Å². The van der Waals surface area contributed by atoms with Gasteiger partial charge in [0.2, 0.25) is 0 Å². The molecule has 80 valence electrons. The maximum atomic E-state index is 9.40. The Morgan fingerprint density at radius 2 is 1.85 bits per heavy atom. The topological polar surface area (TPSA) is 35.5 Å². The van der Waals surface area contributed by atoms with Crippen LogP contribution in [-0.4, -0.2) is 29.4 Å². The summed E-state index contributed by atoms with van der Waals surface area (Å²) >= 11 is 0. The van der Waals surface area contributed by atoms with Gasteiger partial charge in [0.1, 0.15) is 6.23 Å². The summed E-state index contributed by atoms with van der Waals surface area (Å²) in [6.45, 7) is 8.02. The highest BCUT2D eigenvalue weighted by Crippen LogP contribution is 1.96. The van der Waals surface area contributed by atoms with E-state index in [1.807, 2.05) is 5.01 Å². The lowest BCUT2D eigenvalue weighted by Gasteiger charge is -2.25. The normalized spacial score (nSPS) is 13.6. The quantitative estimate of drug-likeness (QED) is 0.346. The summed E-state index contributed by atoms with van der Waals surface area (Å²) in [5, 5.41) is 11.3. The lowest BCUT2D eigenvalue weighted by Crippen LogP contribution is -2.45. The molecule has 1 atom stereocenters. The molecule has 0 unspecified atom stereocenters. The number of nitrogens with zero attached hydrogens (tertiary/aromatic N) is 1. The Kier molecular flexibility index (Phi) is 8.40. The minimum absolute atomic E-state index is 0.386. The van der Waals surface area contributed by atoms with Gasteiger partial charge in [0.05, 0.1) is 0 Å². The minimum Gasteiger partial charge on any atom is -0.377 e. The van der Waals surface area contributed by atoms with Gasteiger partial charge >= 0.3 is 0 Å². The third-order valence-corrected chi connectivity index (χ3v) is 2.05. The number of unbranched alkanes of at least 4 members (excludes halogenated alkanes) is 2. The molecule has 0 rings (SSSR count). The molecule has 0 fully saturated rings. The number of hydrogen-bond donors (Lipinski definition) is 2. The van der Waals surface area contributed by atoms with E-state index in [-0.39, 0.29) is 6.23 Å². The van der Waals surface area contributed by atoms with Gasteiger partial charge in [-0.3, -0.25) is 5.43 Å². The number of aliphatic hydroxyl groups is 1. The Morgan fingerprint density at radius 3 is 2.31 bits per heavy atom. The fourth-order valence-electron chi connectivity index (χ4n) is 1.13. The third kappa shape index (κ3) is 6.99. The molecule has 0 heterocycles. The first-order valence-corrected chi connectivity index (χ1v) is 5.40. The molecule has 0 bridgehead atoms. The van der Waals surface area contributed by atoms with E-state index in [2.05, 4.69) is 19.3 Å². The number of nitrogens with one attached hydrogen (secondary N) is 1. The van der Waals surface area contributed by atoms with Gasteiger partial charge in [-0.05, 0) is 19.8 Å². The first kappa shape index (κ1) is 12.9. The predicted octanol–water partition coefficient (Wildman–Crippen LogP) is 1.73. The lowest BCUT2D eigenvalue weighted by molar-refractivity contribution is -0.0198. The fourth-order valence-corrected chi connectivity index (χ4v) is 1.13. The van der Waals surface area contributed by atoms with E-state index in [0.29, 0.717) is 0 Å². The lowest BCUT2D eigenvalue weighted by atomic mass is 10.3. The molecule has 2 N–H and O–H groups in total. The highest BCUT2D eigenvalue weighted by Gasteiger charge is 2.07. The van der Waals surface area contributed by atoms with Crippen LogP contribution in [0.15, 0.2) is 0 Å². The van der Waals surface area contributed by atoms with Crippen molar-refractivity contribution in [3.8, 4) is 0 Å². The van der Waals surface area contributed by atoms with Crippen molar-refractivity contribution in [2.45, 2.75) is 52.7 Å². The Bertz CT molecular complexity index is 107. The van der Waals surface area contributed by atoms with Crippen molar-refractivity contribution >= 4 is 0 Å². The molecule has 0 aliphatic heterocycles. The number of hydrazine groups is 1. The van der Waals surface area contributed by atoms with Gasteiger partial charge in [-0.1, -0.05) is 26.7 Å². The molecule has 0 aliphatic rings. The molecule has 0 amide bonds. The summed E-state index contributed by atoms with van der Waals surface area (Å²) in [5.41, 5.74) is 3.24. The second-order valence-electron chi connectivity index (χ2n) is 3.44. The number of hydrogen-bond acceptors (Lipinski definition) is 3. The molecule has 13 heavy (non-hydrogen) atoms. The van der Waals surface area contributed by atoms with Gasteiger partial charge in [-0.2, -0.15) is 0 Å². The predicted molar refractivity (Wildman–Crippen MR) is 56.2 cm³/mol. The Morgan fingerprint density at radius 1 is 1.23 bits per heavy atom. The maximum absolute atomic E-state index is 9.40. The Hall–Kier alpha value is -0.120. The van der Waals surface area contributed by atoms with Gasteiger partial charge in [0.25, 0.3) is 0 Å². The van der Waals surface area contributed by atoms with Gasteiger partial charge < -0.3 is 5.11 Å². The number of aliphatic hydroxyl groups excluding tert-OH is 1. The summed E-state index contributed by atoms with van der Waals surface area (Å²) in [7, 11) is 0. The third-order valence-electron chi connectivity index (χ3n) is 2.05. The van der Waals surface area contributed by atoms with Crippen molar-refractivity contribution in [2.24, 2.45) is 0 Å². The summed E-state index contributed by atoms with van der Waals surface area (Å²) in [5.74, 6) is 0. The van der Waals surface area contributed by atoms with E-state index in [1.165, 1.54) is 12.8 Å². The molecule has 0 saturated carbocycles. The molecule has 0 saturated heterocycles. The van der Waals surface area contributed by atoms with E-state index in [9.17, 15) is 5.11 Å². The minimum atomic E-state index is -0.386. The second-order valence-corrected chi connectivity index (χ2v) is 3.44. The van der Waals surface area contributed by atoms with Crippen LogP contribution < -0.4 is 5.43 Å². The summed E-state index contributed by atoms with van der Waals surface area (Å²) < 4.78 is 0. The van der Waals surface area contributed by atoms with Crippen LogP contribution in [0.5, 0.6) is 0 Å². The maximum Gasteiger partial charge on any atom is 0.117 e. The van der Waals surface area contributed by atoms with Crippen LogP contribution in [-0.2, 0) is 0 Å². The fraction of sp³-hybridized carbons (Fsp3) is 1.00. The Labute approximate surface area is 82.1 Å². The summed E-state index contributed by atoms with van der Waals surface area (Å²) in [6.07, 6.45) is 4.26. The van der Waals surface area contributed by atoms with E-state index in [4.69, 9.17) is 0 Å². The molecular formula is C10H24N2O. The first-order chi connectivity index (χ1) is 6.22. The van der Waals surface area contributed by atoms with Gasteiger partial charge in [0.15, 0.2) is 0 Å². The van der Waals surface area contributed by atoms with Crippen molar-refractivity contribution in [1.82, 2.24) is 10.4 Å². The van der Waals surface area contributed by atoms with Crippen LogP contribution in [0.2, 0.25) is 0 Å². The van der Waals surface area contributed by atoms with Gasteiger partial charge in [0, 0.05) is 13.1 Å². The standard InChI is InChI=1S/C10H24N2O/c1-4-6-8-11-12(10(3)13)9-7-5-2/h10-11,13H,4-9H2,1-3H3/t10-/m1/s1. The average Bonchev–Trinajstić information content (AvgIpc) is 2.10. The molecule has 0 aromatic rings. The molecule has 3 nitrogen and oxygen atoms in total. The van der Waals surface area contributed by atoms with Crippen LogP contribution in [0.4, 0.5) is 0 Å². The van der Waals surface area contributed by atoms with Crippen molar-refractivity contribution in [3.63, 3.8) is 0 Å². The smallest absolute Gasteiger partial charge is 0.117 e. The molecule has 0 aliphatic carbocycles. The van der Waals surface area contributed by atoms with E-state index >= 15 is 0 Å². The van der Waals surface area contributed by atoms with Crippen molar-refractivity contribution in [3.05, 3.63) is 0 Å². The molecule has 0 aromatic carbocycles. The second kappa shape index (κ2) is 8.48. The Balaban J connectivity index is 3.54. The SMILES string of the molecule is CCCCNN(CCCC)[C@@H](C)O. The van der Waals surface area contributed by atoms with Crippen LogP contribution in [0, 0.1) is 0 Å². The van der Waals surface area contributed by atoms with E-state index < -0.39 is 0 Å². The van der Waals surface area contributed by atoms with Crippen molar-refractivity contribution in [1.29, 1.82) is 0 Å². The molecule has 0 spiro atoms. The van der Waals surface area contributed by atoms with Crippen LogP contribution in [0.25, 0.3) is 0 Å². The van der Waals surface area contributed by atoms with Gasteiger partial charge in [-0.15, -0.1) is 0 Å². The largest absolute Gasteiger partial charge is 0.377 e. The molecule has 0 aromatic heterocycles. The molecule has 0 radical (unpaired) electrons. The summed E-state index contributed by atoms with van der Waals surface area (Å²) in [6, 6.07) is 0. The zero-order valence-corrected chi connectivity index (χ0v) is 9.21. The number of rotatable bonds is 8. The van der Waals surface area contributed by atoms with Crippen LogP contribution >= 0.6 is 0 Å². The van der Waals surface area contributed by atoms with E-state index in [0.717, 1.165) is 25.9 Å².